The zero-order chi connectivity index (χ0) is 12.4. The molecule has 1 unspecified atom stereocenters. The maximum atomic E-state index is 11.8. The number of nitrogens with zero attached hydrogens (tertiary/aromatic N) is 1. The maximum absolute atomic E-state index is 11.8. The van der Waals surface area contributed by atoms with Crippen LogP contribution in [0.2, 0.25) is 0 Å². The molecule has 1 heterocycles. The summed E-state index contributed by atoms with van der Waals surface area (Å²) < 4.78 is 46.1. The van der Waals surface area contributed by atoms with Gasteiger partial charge in [-0.3, -0.25) is 0 Å². The summed E-state index contributed by atoms with van der Waals surface area (Å²) in [6.45, 7) is 1.85. The summed E-state index contributed by atoms with van der Waals surface area (Å²) in [5.41, 5.74) is -0.156. The van der Waals surface area contributed by atoms with Crippen molar-refractivity contribution >= 4 is 25.4 Å². The van der Waals surface area contributed by atoms with E-state index in [1.54, 1.807) is 0 Å². The van der Waals surface area contributed by atoms with E-state index in [0.717, 1.165) is 0 Å². The molecule has 0 spiro atoms. The average molecular weight is 269 g/mol. The van der Waals surface area contributed by atoms with Crippen LogP contribution < -0.4 is 0 Å². The van der Waals surface area contributed by atoms with Gasteiger partial charge >= 0.3 is 0 Å². The summed E-state index contributed by atoms with van der Waals surface area (Å²) in [4.78, 5) is 0. The van der Waals surface area contributed by atoms with Crippen LogP contribution in [-0.2, 0) is 19.7 Å². The van der Waals surface area contributed by atoms with E-state index in [-0.39, 0.29) is 11.5 Å². The van der Waals surface area contributed by atoms with Gasteiger partial charge in [0, 0.05) is 0 Å². The molecule has 16 heavy (non-hydrogen) atoms. The van der Waals surface area contributed by atoms with Crippen molar-refractivity contribution in [1.29, 1.82) is 0 Å². The normalized spacial score (nSPS) is 27.3. The molecule has 1 fully saturated rings. The van der Waals surface area contributed by atoms with E-state index in [4.69, 9.17) is 5.21 Å². The first-order chi connectivity index (χ1) is 7.32. The zero-order valence-electron chi connectivity index (χ0n) is 8.96. The van der Waals surface area contributed by atoms with Crippen LogP contribution in [0.4, 0.5) is 0 Å². The van der Waals surface area contributed by atoms with E-state index in [0.29, 0.717) is 12.8 Å². The smallest absolute Gasteiger partial charge is 0.159 e. The zero-order valence-corrected chi connectivity index (χ0v) is 10.6. The summed E-state index contributed by atoms with van der Waals surface area (Å²) in [5.74, 6) is -0.985. The van der Waals surface area contributed by atoms with Gasteiger partial charge in [0.2, 0.25) is 0 Å². The Morgan fingerprint density at radius 3 is 2.62 bits per heavy atom. The molecule has 0 aliphatic carbocycles. The van der Waals surface area contributed by atoms with E-state index >= 15 is 0 Å². The van der Waals surface area contributed by atoms with Crippen molar-refractivity contribution < 1.29 is 22.0 Å². The first kappa shape index (κ1) is 13.4. The summed E-state index contributed by atoms with van der Waals surface area (Å²) >= 11 is 0. The molecule has 94 valence electrons. The molecule has 1 rings (SSSR count). The fourth-order valence-corrected chi connectivity index (χ4v) is 6.15. The minimum atomic E-state index is -3.52. The number of oxime groups is 1. The van der Waals surface area contributed by atoms with Crippen LogP contribution in [0, 0.1) is 0 Å². The van der Waals surface area contributed by atoms with Crippen molar-refractivity contribution in [1.82, 2.24) is 0 Å². The largest absolute Gasteiger partial charge is 0.411 e. The molecule has 0 saturated carbocycles. The van der Waals surface area contributed by atoms with E-state index in [9.17, 15) is 16.8 Å². The quantitative estimate of drug-likeness (QED) is 0.564. The first-order valence-corrected chi connectivity index (χ1v) is 8.49. The highest BCUT2D eigenvalue weighted by Gasteiger charge is 2.42. The molecule has 0 amide bonds. The minimum absolute atomic E-state index is 0.0668. The van der Waals surface area contributed by atoms with Crippen molar-refractivity contribution in [3.8, 4) is 0 Å². The van der Waals surface area contributed by atoms with Gasteiger partial charge in [-0.1, -0.05) is 18.5 Å². The lowest BCUT2D eigenvalue weighted by molar-refractivity contribution is 0.318. The first-order valence-electron chi connectivity index (χ1n) is 4.95. The molecule has 8 heteroatoms. The van der Waals surface area contributed by atoms with E-state index in [1.165, 1.54) is 0 Å². The Balaban J connectivity index is 2.97. The summed E-state index contributed by atoms with van der Waals surface area (Å²) in [5, 5.41) is 10.3. The fraction of sp³-hybridized carbons (Fsp3) is 0.875. The molecule has 1 atom stereocenters. The number of hydrogen-bond acceptors (Lipinski definition) is 6. The van der Waals surface area contributed by atoms with Crippen LogP contribution in [0.1, 0.15) is 19.8 Å². The van der Waals surface area contributed by atoms with Gasteiger partial charge < -0.3 is 5.21 Å². The monoisotopic (exact) mass is 269 g/mol. The van der Waals surface area contributed by atoms with Gasteiger partial charge in [-0.15, -0.1) is 0 Å². The highest BCUT2D eigenvalue weighted by atomic mass is 32.2. The van der Waals surface area contributed by atoms with Gasteiger partial charge in [0.25, 0.3) is 0 Å². The Labute approximate surface area is 95.2 Å². The third-order valence-corrected chi connectivity index (χ3v) is 6.44. The van der Waals surface area contributed by atoms with Gasteiger partial charge in [-0.25, -0.2) is 16.8 Å². The van der Waals surface area contributed by atoms with Crippen molar-refractivity contribution in [2.24, 2.45) is 5.16 Å². The van der Waals surface area contributed by atoms with Crippen LogP contribution in [0.5, 0.6) is 0 Å². The SMILES string of the molecule is CCCCS(=O)(=O)C1CS(=O)(=O)C/C1=N\O. The molecule has 0 radical (unpaired) electrons. The van der Waals surface area contributed by atoms with Crippen LogP contribution in [0.25, 0.3) is 0 Å². The molecular formula is C8H15NO5S2. The molecule has 0 bridgehead atoms. The topological polar surface area (TPSA) is 101 Å². The fourth-order valence-electron chi connectivity index (χ4n) is 1.60. The Kier molecular flexibility index (Phi) is 3.95. The summed E-state index contributed by atoms with van der Waals surface area (Å²) in [7, 11) is -6.96. The van der Waals surface area contributed by atoms with Gasteiger partial charge in [-0.2, -0.15) is 0 Å². The minimum Gasteiger partial charge on any atom is -0.411 e. The third kappa shape index (κ3) is 2.94. The third-order valence-electron chi connectivity index (χ3n) is 2.49. The van der Waals surface area contributed by atoms with Crippen LogP contribution in [0.15, 0.2) is 5.16 Å². The van der Waals surface area contributed by atoms with Crippen molar-refractivity contribution in [3.05, 3.63) is 0 Å². The van der Waals surface area contributed by atoms with E-state index < -0.39 is 36.4 Å². The Hall–Kier alpha value is -0.630. The molecule has 0 aromatic rings. The predicted octanol–water partition coefficient (Wildman–Crippen LogP) is -0.171. The highest BCUT2D eigenvalue weighted by molar-refractivity contribution is 7.98. The van der Waals surface area contributed by atoms with Gasteiger partial charge in [0.1, 0.15) is 5.25 Å². The molecule has 1 N–H and O–H groups in total. The number of hydrogen-bond donors (Lipinski definition) is 1. The molecule has 6 nitrogen and oxygen atoms in total. The molecule has 0 aromatic heterocycles. The molecule has 1 aliphatic heterocycles. The second-order valence-corrected chi connectivity index (χ2v) is 8.27. The number of sulfone groups is 2. The van der Waals surface area contributed by atoms with Gasteiger partial charge in [0.05, 0.1) is 23.0 Å². The lowest BCUT2D eigenvalue weighted by Gasteiger charge is -2.09. The Morgan fingerprint density at radius 1 is 1.50 bits per heavy atom. The Morgan fingerprint density at radius 2 is 2.12 bits per heavy atom. The Bertz CT molecular complexity index is 477. The maximum Gasteiger partial charge on any atom is 0.159 e. The lowest BCUT2D eigenvalue weighted by atomic mass is 10.3. The lowest BCUT2D eigenvalue weighted by Crippen LogP contribution is -2.31. The molecule has 0 aromatic carbocycles. The van der Waals surface area contributed by atoms with E-state index in [2.05, 4.69) is 5.16 Å². The van der Waals surface area contributed by atoms with Gasteiger partial charge in [-0.05, 0) is 6.42 Å². The van der Waals surface area contributed by atoms with Gasteiger partial charge in [0.15, 0.2) is 19.7 Å². The number of unbranched alkanes of at least 4 members (excludes halogenated alkanes) is 1. The predicted molar refractivity (Wildman–Crippen MR) is 60.4 cm³/mol. The van der Waals surface area contributed by atoms with Crippen molar-refractivity contribution in [2.45, 2.75) is 25.0 Å². The summed E-state index contributed by atoms with van der Waals surface area (Å²) in [6.07, 6.45) is 1.20. The number of rotatable bonds is 4. The average Bonchev–Trinajstić information content (AvgIpc) is 2.51. The van der Waals surface area contributed by atoms with Crippen molar-refractivity contribution in [2.75, 3.05) is 17.3 Å². The van der Waals surface area contributed by atoms with Crippen LogP contribution in [0.3, 0.4) is 0 Å². The standard InChI is InChI=1S/C8H15NO5S2/c1-2-3-4-16(13,14)8-6-15(11,12)5-7(8)9-10/h8,10H,2-6H2,1H3/b9-7+. The molecular weight excluding hydrogens is 254 g/mol. The van der Waals surface area contributed by atoms with E-state index in [1.807, 2.05) is 6.92 Å². The van der Waals surface area contributed by atoms with Crippen molar-refractivity contribution in [3.63, 3.8) is 0 Å². The highest BCUT2D eigenvalue weighted by Crippen LogP contribution is 2.18. The van der Waals surface area contributed by atoms with Crippen LogP contribution in [-0.4, -0.2) is 50.3 Å². The second kappa shape index (κ2) is 4.70. The second-order valence-electron chi connectivity index (χ2n) is 3.86. The summed E-state index contributed by atoms with van der Waals surface area (Å²) in [6, 6.07) is 0. The molecule has 1 aliphatic rings. The molecule has 1 saturated heterocycles. The van der Waals surface area contributed by atoms with Crippen LogP contribution >= 0.6 is 0 Å².